The molecule has 2 rings (SSSR count). The van der Waals surface area contributed by atoms with E-state index in [-0.39, 0.29) is 22.9 Å². The van der Waals surface area contributed by atoms with Crippen molar-refractivity contribution in [2.75, 3.05) is 6.61 Å². The summed E-state index contributed by atoms with van der Waals surface area (Å²) in [6.45, 7) is 3.04. The monoisotopic (exact) mass is 370 g/mol. The highest BCUT2D eigenvalue weighted by Gasteiger charge is 2.20. The fourth-order valence-electron chi connectivity index (χ4n) is 2.78. The second-order valence-corrected chi connectivity index (χ2v) is 6.10. The van der Waals surface area contributed by atoms with Crippen molar-refractivity contribution in [3.63, 3.8) is 0 Å². The maximum atomic E-state index is 12.2. The molecule has 7 nitrogen and oxygen atoms in total. The summed E-state index contributed by atoms with van der Waals surface area (Å²) in [5, 5.41) is 13.8. The summed E-state index contributed by atoms with van der Waals surface area (Å²) in [7, 11) is 0. The number of carbonyl (C=O) groups is 2. The third-order valence-corrected chi connectivity index (χ3v) is 4.17. The van der Waals surface area contributed by atoms with Crippen LogP contribution < -0.4 is 5.32 Å². The predicted molar refractivity (Wildman–Crippen MR) is 100 cm³/mol. The van der Waals surface area contributed by atoms with Crippen LogP contribution in [-0.4, -0.2) is 23.4 Å². The van der Waals surface area contributed by atoms with Crippen LogP contribution in [-0.2, 0) is 9.53 Å². The molecular formula is C20H22N2O5. The Labute approximate surface area is 157 Å². The highest BCUT2D eigenvalue weighted by molar-refractivity contribution is 5.93. The van der Waals surface area contributed by atoms with Crippen molar-refractivity contribution in [1.82, 2.24) is 5.32 Å². The van der Waals surface area contributed by atoms with Gasteiger partial charge in [-0.25, -0.2) is 4.79 Å². The van der Waals surface area contributed by atoms with Crippen molar-refractivity contribution in [3.8, 4) is 0 Å². The van der Waals surface area contributed by atoms with E-state index in [0.717, 1.165) is 18.4 Å². The van der Waals surface area contributed by atoms with Gasteiger partial charge in [-0.1, -0.05) is 49.7 Å². The Kier molecular flexibility index (Phi) is 7.05. The molecule has 0 aromatic heterocycles. The van der Waals surface area contributed by atoms with E-state index in [0.29, 0.717) is 0 Å². The molecule has 1 amide bonds. The molecule has 0 heterocycles. The van der Waals surface area contributed by atoms with Crippen molar-refractivity contribution in [2.45, 2.75) is 32.7 Å². The summed E-state index contributed by atoms with van der Waals surface area (Å²) in [6, 6.07) is 13.6. The van der Waals surface area contributed by atoms with Crippen LogP contribution in [0.15, 0.2) is 48.5 Å². The molecule has 0 fully saturated rings. The van der Waals surface area contributed by atoms with E-state index < -0.39 is 23.4 Å². The van der Waals surface area contributed by atoms with E-state index in [1.165, 1.54) is 25.1 Å². The van der Waals surface area contributed by atoms with Crippen molar-refractivity contribution < 1.29 is 19.2 Å². The van der Waals surface area contributed by atoms with Crippen LogP contribution in [0.5, 0.6) is 0 Å². The molecule has 2 aromatic rings. The molecule has 7 heteroatoms. The number of benzene rings is 2. The van der Waals surface area contributed by atoms with E-state index in [4.69, 9.17) is 4.74 Å². The lowest BCUT2D eigenvalue weighted by Crippen LogP contribution is -2.32. The maximum absolute atomic E-state index is 12.2. The van der Waals surface area contributed by atoms with Crippen molar-refractivity contribution >= 4 is 17.6 Å². The normalized spacial score (nSPS) is 11.5. The van der Waals surface area contributed by atoms with E-state index >= 15 is 0 Å². The van der Waals surface area contributed by atoms with E-state index in [2.05, 4.69) is 5.32 Å². The fraction of sp³-hybridized carbons (Fsp3) is 0.300. The highest BCUT2D eigenvalue weighted by Crippen LogP contribution is 2.22. The Morgan fingerprint density at radius 1 is 1.15 bits per heavy atom. The first-order chi connectivity index (χ1) is 12.9. The van der Waals surface area contributed by atoms with Gasteiger partial charge < -0.3 is 10.1 Å². The number of hydrogen-bond acceptors (Lipinski definition) is 5. The number of esters is 1. The lowest BCUT2D eigenvalue weighted by molar-refractivity contribution is -0.385. The van der Waals surface area contributed by atoms with Gasteiger partial charge in [-0.2, -0.15) is 0 Å². The zero-order chi connectivity index (χ0) is 19.8. The molecule has 27 heavy (non-hydrogen) atoms. The van der Waals surface area contributed by atoms with E-state index in [1.54, 1.807) is 0 Å². The third-order valence-electron chi connectivity index (χ3n) is 4.17. The van der Waals surface area contributed by atoms with Crippen molar-refractivity contribution in [3.05, 3.63) is 75.3 Å². The molecule has 0 radical (unpaired) electrons. The lowest BCUT2D eigenvalue weighted by atomic mass is 10.0. The number of rotatable bonds is 8. The molecule has 0 bridgehead atoms. The molecular weight excluding hydrogens is 348 g/mol. The first kappa shape index (κ1) is 20.1. The topological polar surface area (TPSA) is 98.5 Å². The number of ether oxygens (including phenoxy) is 1. The van der Waals surface area contributed by atoms with E-state index in [1.807, 2.05) is 37.3 Å². The highest BCUT2D eigenvalue weighted by atomic mass is 16.6. The second-order valence-electron chi connectivity index (χ2n) is 6.10. The first-order valence-corrected chi connectivity index (χ1v) is 8.69. The number of nitro groups is 1. The minimum absolute atomic E-state index is 0.0742. The van der Waals surface area contributed by atoms with Crippen LogP contribution >= 0.6 is 0 Å². The standard InChI is InChI=1S/C20H22N2O5/c1-3-8-17(15-9-5-4-6-10-15)21-19(23)13-27-20(24)16-11-7-12-18(14(16)2)22(25)26/h4-7,9-12,17H,3,8,13H2,1-2H3,(H,21,23)/t17-/m0/s1. The molecule has 1 N–H and O–H groups in total. The Balaban J connectivity index is 1.99. The molecule has 2 aromatic carbocycles. The first-order valence-electron chi connectivity index (χ1n) is 8.69. The van der Waals surface area contributed by atoms with Crippen LogP contribution in [0.1, 0.15) is 47.3 Å². The molecule has 0 saturated carbocycles. The van der Waals surface area contributed by atoms with Gasteiger partial charge in [0.05, 0.1) is 16.5 Å². The van der Waals surface area contributed by atoms with Crippen LogP contribution in [0, 0.1) is 17.0 Å². The molecule has 0 aliphatic heterocycles. The van der Waals surface area contributed by atoms with Gasteiger partial charge >= 0.3 is 5.97 Å². The smallest absolute Gasteiger partial charge is 0.339 e. The summed E-state index contributed by atoms with van der Waals surface area (Å²) in [5.41, 5.74) is 1.10. The number of hydrogen-bond donors (Lipinski definition) is 1. The summed E-state index contributed by atoms with van der Waals surface area (Å²) < 4.78 is 5.05. The summed E-state index contributed by atoms with van der Waals surface area (Å²) in [5.74, 6) is -1.19. The second kappa shape index (κ2) is 9.47. The Bertz CT molecular complexity index is 820. The van der Waals surface area contributed by atoms with Crippen molar-refractivity contribution in [2.24, 2.45) is 0 Å². The summed E-state index contributed by atoms with van der Waals surface area (Å²) in [6.07, 6.45) is 1.64. The van der Waals surface area contributed by atoms with Crippen LogP contribution in [0.25, 0.3) is 0 Å². The number of carbonyl (C=O) groups excluding carboxylic acids is 2. The maximum Gasteiger partial charge on any atom is 0.339 e. The number of amides is 1. The summed E-state index contributed by atoms with van der Waals surface area (Å²) >= 11 is 0. The quantitative estimate of drug-likeness (QED) is 0.434. The van der Waals surface area contributed by atoms with Gasteiger partial charge in [0.2, 0.25) is 0 Å². The van der Waals surface area contributed by atoms with Crippen molar-refractivity contribution in [1.29, 1.82) is 0 Å². The number of nitrogens with one attached hydrogen (secondary N) is 1. The Hall–Kier alpha value is -3.22. The van der Waals surface area contributed by atoms with Gasteiger partial charge in [-0.05, 0) is 25.0 Å². The zero-order valence-corrected chi connectivity index (χ0v) is 15.3. The third kappa shape index (κ3) is 5.37. The lowest BCUT2D eigenvalue weighted by Gasteiger charge is -2.18. The average molecular weight is 370 g/mol. The molecule has 0 aliphatic rings. The van der Waals surface area contributed by atoms with Gasteiger partial charge in [-0.3, -0.25) is 14.9 Å². The minimum atomic E-state index is -0.766. The molecule has 0 unspecified atom stereocenters. The van der Waals surface area contributed by atoms with Gasteiger partial charge in [0.15, 0.2) is 6.61 Å². The van der Waals surface area contributed by atoms with Crippen LogP contribution in [0.4, 0.5) is 5.69 Å². The zero-order valence-electron chi connectivity index (χ0n) is 15.3. The molecule has 1 atom stereocenters. The molecule has 142 valence electrons. The van der Waals surface area contributed by atoms with Gasteiger partial charge in [-0.15, -0.1) is 0 Å². The number of nitro benzene ring substituents is 1. The Morgan fingerprint density at radius 2 is 1.85 bits per heavy atom. The number of nitrogens with zero attached hydrogens (tertiary/aromatic N) is 1. The minimum Gasteiger partial charge on any atom is -0.452 e. The van der Waals surface area contributed by atoms with E-state index in [9.17, 15) is 19.7 Å². The van der Waals surface area contributed by atoms with Gasteiger partial charge in [0, 0.05) is 11.6 Å². The Morgan fingerprint density at radius 3 is 2.48 bits per heavy atom. The van der Waals surface area contributed by atoms with Gasteiger partial charge in [0.25, 0.3) is 11.6 Å². The predicted octanol–water partition coefficient (Wildman–Crippen LogP) is 3.72. The average Bonchev–Trinajstić information content (AvgIpc) is 2.66. The van der Waals surface area contributed by atoms with Gasteiger partial charge in [0.1, 0.15) is 0 Å². The largest absolute Gasteiger partial charge is 0.452 e. The molecule has 0 saturated heterocycles. The SMILES string of the molecule is CCC[C@H](NC(=O)COC(=O)c1cccc([N+](=O)[O-])c1C)c1ccccc1. The van der Waals surface area contributed by atoms with Crippen LogP contribution in [0.2, 0.25) is 0 Å². The molecule has 0 spiro atoms. The summed E-state index contributed by atoms with van der Waals surface area (Å²) in [4.78, 5) is 34.8. The molecule has 0 aliphatic carbocycles. The van der Waals surface area contributed by atoms with Crippen LogP contribution in [0.3, 0.4) is 0 Å². The fourth-order valence-corrected chi connectivity index (χ4v) is 2.78.